The Morgan fingerprint density at radius 2 is 1.15 bits per heavy atom. The van der Waals surface area contributed by atoms with Crippen LogP contribution in [0.25, 0.3) is 0 Å². The van der Waals surface area contributed by atoms with E-state index in [0.717, 1.165) is 4.90 Å². The van der Waals surface area contributed by atoms with Crippen LogP contribution in [0.15, 0.2) is 0 Å². The predicted molar refractivity (Wildman–Crippen MR) is 147 cm³/mol. The zero-order valence-corrected chi connectivity index (χ0v) is 24.4. The van der Waals surface area contributed by atoms with Crippen molar-refractivity contribution in [3.05, 3.63) is 21.8 Å². The van der Waals surface area contributed by atoms with Gasteiger partial charge in [0, 0.05) is 23.6 Å². The summed E-state index contributed by atoms with van der Waals surface area (Å²) in [6, 6.07) is 0. The summed E-state index contributed by atoms with van der Waals surface area (Å²) in [5, 5.41) is 61.3. The Bertz CT molecular complexity index is 850. The minimum atomic E-state index is -1.29. The van der Waals surface area contributed by atoms with Crippen molar-refractivity contribution in [1.29, 1.82) is 0 Å². The van der Waals surface area contributed by atoms with Crippen LogP contribution in [0.1, 0.15) is 27.6 Å². The zero-order valence-electron chi connectivity index (χ0n) is 18.0. The SMILES string of the molecule is CC(=O)N(C[C@@H](O)CO)c1c(I)c(C(=O)NC[C@H](O)CO)c(I)c(C(=O)NC[C@H](O)CO)c1I. The second kappa shape index (κ2) is 15.0. The molecule has 0 radical (unpaired) electrons. The minimum Gasteiger partial charge on any atom is -0.394 e. The lowest BCUT2D eigenvalue weighted by Gasteiger charge is -2.28. The van der Waals surface area contributed by atoms with Gasteiger partial charge in [0.2, 0.25) is 5.91 Å². The lowest BCUT2D eigenvalue weighted by Crippen LogP contribution is -2.41. The van der Waals surface area contributed by atoms with Crippen molar-refractivity contribution < 1.29 is 45.0 Å². The van der Waals surface area contributed by atoms with Crippen LogP contribution in [0, 0.1) is 10.7 Å². The molecule has 0 saturated heterocycles. The van der Waals surface area contributed by atoms with Gasteiger partial charge >= 0.3 is 0 Å². The van der Waals surface area contributed by atoms with E-state index in [4.69, 9.17) is 10.2 Å². The Hall–Kier alpha value is -0.420. The molecular formula is C19H26I3N3O9. The summed E-state index contributed by atoms with van der Waals surface area (Å²) in [4.78, 5) is 39.6. The highest BCUT2D eigenvalue weighted by Gasteiger charge is 2.32. The van der Waals surface area contributed by atoms with Crippen LogP contribution in [0.4, 0.5) is 5.69 Å². The number of hydrogen-bond donors (Lipinski definition) is 8. The van der Waals surface area contributed by atoms with Crippen molar-refractivity contribution in [3.63, 3.8) is 0 Å². The van der Waals surface area contributed by atoms with Crippen LogP contribution < -0.4 is 15.5 Å². The summed E-state index contributed by atoms with van der Waals surface area (Å²) in [6.07, 6.45) is -3.71. The molecule has 0 aliphatic rings. The molecule has 1 rings (SSSR count). The van der Waals surface area contributed by atoms with Crippen LogP contribution in [-0.4, -0.2) is 106 Å². The van der Waals surface area contributed by atoms with Gasteiger partial charge in [-0.1, -0.05) is 0 Å². The van der Waals surface area contributed by atoms with E-state index in [-0.39, 0.29) is 47.2 Å². The number of anilines is 1. The number of carbonyl (C=O) groups excluding carboxylic acids is 3. The summed E-state index contributed by atoms with van der Waals surface area (Å²) >= 11 is 5.47. The monoisotopic (exact) mass is 821 g/mol. The van der Waals surface area contributed by atoms with Crippen molar-refractivity contribution in [2.24, 2.45) is 0 Å². The number of aliphatic hydroxyl groups excluding tert-OH is 6. The van der Waals surface area contributed by atoms with Crippen LogP contribution in [0.2, 0.25) is 0 Å². The number of rotatable bonds is 12. The Kier molecular flexibility index (Phi) is 13.9. The van der Waals surface area contributed by atoms with E-state index < -0.39 is 55.9 Å². The first-order valence-electron chi connectivity index (χ1n) is 9.82. The Balaban J connectivity index is 3.73. The molecule has 0 bridgehead atoms. The molecule has 0 spiro atoms. The molecule has 8 N–H and O–H groups in total. The van der Waals surface area contributed by atoms with Gasteiger partial charge in [-0.2, -0.15) is 0 Å². The molecule has 3 atom stereocenters. The van der Waals surface area contributed by atoms with Crippen LogP contribution in [0.3, 0.4) is 0 Å². The molecule has 0 saturated carbocycles. The first-order valence-corrected chi connectivity index (χ1v) is 13.1. The maximum atomic E-state index is 13.0. The summed E-state index contributed by atoms with van der Waals surface area (Å²) in [6.45, 7) is -1.41. The summed E-state index contributed by atoms with van der Waals surface area (Å²) in [7, 11) is 0. The Morgan fingerprint density at radius 3 is 1.47 bits per heavy atom. The van der Waals surface area contributed by atoms with Crippen molar-refractivity contribution >= 4 is 91.2 Å². The fourth-order valence-electron chi connectivity index (χ4n) is 2.66. The molecule has 0 fully saturated rings. The number of halogens is 3. The average molecular weight is 821 g/mol. The second-order valence-corrected chi connectivity index (χ2v) is 10.3. The van der Waals surface area contributed by atoms with Gasteiger partial charge in [-0.3, -0.25) is 14.4 Å². The van der Waals surface area contributed by atoms with Gasteiger partial charge < -0.3 is 46.2 Å². The highest BCUT2D eigenvalue weighted by molar-refractivity contribution is 14.1. The molecule has 3 amide bonds. The number of nitrogens with zero attached hydrogens (tertiary/aromatic N) is 1. The van der Waals surface area contributed by atoms with Crippen LogP contribution in [0.5, 0.6) is 0 Å². The molecule has 15 heteroatoms. The van der Waals surface area contributed by atoms with Crippen molar-refractivity contribution in [3.8, 4) is 0 Å². The minimum absolute atomic E-state index is 0.0133. The maximum Gasteiger partial charge on any atom is 0.253 e. The third-order valence-corrected chi connectivity index (χ3v) is 7.60. The number of amides is 3. The van der Waals surface area contributed by atoms with Gasteiger partial charge in [0.15, 0.2) is 0 Å². The molecule has 1 aromatic rings. The third-order valence-electron chi connectivity index (χ3n) is 4.42. The third kappa shape index (κ3) is 8.32. The molecule has 0 heterocycles. The lowest BCUT2D eigenvalue weighted by atomic mass is 10.1. The predicted octanol–water partition coefficient (Wildman–Crippen LogP) is -1.63. The first-order chi connectivity index (χ1) is 15.9. The fourth-order valence-corrected chi connectivity index (χ4v) is 7.39. The van der Waals surface area contributed by atoms with E-state index in [9.17, 15) is 34.8 Å². The van der Waals surface area contributed by atoms with Crippen molar-refractivity contribution in [1.82, 2.24) is 10.6 Å². The lowest BCUT2D eigenvalue weighted by molar-refractivity contribution is -0.117. The van der Waals surface area contributed by atoms with E-state index in [2.05, 4.69) is 10.6 Å². The van der Waals surface area contributed by atoms with E-state index in [1.54, 1.807) is 22.6 Å². The standard InChI is InChI=1S/C19H26I3N3O9/c1-8(29)25(4-11(32)7-28)17-15(21)12(18(33)23-2-9(30)5-26)14(20)13(16(17)22)19(34)24-3-10(31)6-27/h9-11,26-28,30-32H,2-7H2,1H3,(H,23,33)(H,24,34)/t9-,10-,11+/m0/s1. The van der Waals surface area contributed by atoms with E-state index >= 15 is 0 Å². The van der Waals surface area contributed by atoms with E-state index in [1.165, 1.54) is 6.92 Å². The Labute approximate surface area is 236 Å². The van der Waals surface area contributed by atoms with Gasteiger partial charge in [-0.15, -0.1) is 0 Å². The molecule has 12 nitrogen and oxygen atoms in total. The number of nitrogens with one attached hydrogen (secondary N) is 2. The normalized spacial score (nSPS) is 13.7. The highest BCUT2D eigenvalue weighted by Crippen LogP contribution is 2.38. The molecule has 192 valence electrons. The smallest absolute Gasteiger partial charge is 0.253 e. The number of carbonyl (C=O) groups is 3. The van der Waals surface area contributed by atoms with Gasteiger partial charge in [-0.25, -0.2) is 0 Å². The van der Waals surface area contributed by atoms with Gasteiger partial charge in [0.05, 0.1) is 68.6 Å². The highest BCUT2D eigenvalue weighted by atomic mass is 127. The van der Waals surface area contributed by atoms with Gasteiger partial charge in [0.25, 0.3) is 11.8 Å². The number of benzene rings is 1. The van der Waals surface area contributed by atoms with E-state index in [0.29, 0.717) is 0 Å². The zero-order chi connectivity index (χ0) is 26.2. The molecule has 34 heavy (non-hydrogen) atoms. The fraction of sp³-hybridized carbons (Fsp3) is 0.526. The molecule has 1 aromatic carbocycles. The average Bonchev–Trinajstić information content (AvgIpc) is 2.79. The maximum absolute atomic E-state index is 13.0. The molecular weight excluding hydrogens is 795 g/mol. The molecule has 0 aliphatic carbocycles. The van der Waals surface area contributed by atoms with Gasteiger partial charge in [-0.05, 0) is 67.8 Å². The molecule has 0 unspecified atom stereocenters. The summed E-state index contributed by atoms with van der Waals surface area (Å²) in [5.41, 5.74) is 0.182. The molecule has 0 aromatic heterocycles. The topological polar surface area (TPSA) is 200 Å². The Morgan fingerprint density at radius 1 is 0.765 bits per heavy atom. The molecule has 0 aliphatic heterocycles. The van der Waals surface area contributed by atoms with Crippen LogP contribution >= 0.6 is 67.8 Å². The first kappa shape index (κ1) is 31.6. The van der Waals surface area contributed by atoms with Crippen molar-refractivity contribution in [2.75, 3.05) is 44.4 Å². The van der Waals surface area contributed by atoms with Crippen molar-refractivity contribution in [2.45, 2.75) is 25.2 Å². The quantitative estimate of drug-likeness (QED) is 0.114. The summed E-state index contributed by atoms with van der Waals surface area (Å²) < 4.78 is 0.762. The van der Waals surface area contributed by atoms with E-state index in [1.807, 2.05) is 45.2 Å². The number of hydrogen-bond acceptors (Lipinski definition) is 9. The summed E-state index contributed by atoms with van der Waals surface area (Å²) in [5.74, 6) is -1.89. The van der Waals surface area contributed by atoms with Crippen LogP contribution in [-0.2, 0) is 4.79 Å². The van der Waals surface area contributed by atoms with Gasteiger partial charge in [0.1, 0.15) is 0 Å². The second-order valence-electron chi connectivity index (χ2n) is 7.10. The number of aliphatic hydroxyl groups is 6. The largest absolute Gasteiger partial charge is 0.394 e.